The van der Waals surface area contributed by atoms with Crippen LogP contribution in [0.5, 0.6) is 0 Å². The lowest BCUT2D eigenvalue weighted by atomic mass is 9.52. The van der Waals surface area contributed by atoms with Crippen molar-refractivity contribution >= 4 is 15.7 Å². The van der Waals surface area contributed by atoms with Crippen LogP contribution in [0.1, 0.15) is 38.5 Å². The fourth-order valence-electron chi connectivity index (χ4n) is 6.76. The summed E-state index contributed by atoms with van der Waals surface area (Å²) < 4.78 is 27.5. The molecule has 152 valence electrons. The van der Waals surface area contributed by atoms with E-state index in [1.807, 2.05) is 0 Å². The van der Waals surface area contributed by atoms with Crippen LogP contribution < -0.4 is 0 Å². The summed E-state index contributed by atoms with van der Waals surface area (Å²) in [5.41, 5.74) is 0.115. The molecule has 0 spiro atoms. The predicted molar refractivity (Wildman–Crippen MR) is 104 cm³/mol. The Morgan fingerprint density at radius 2 is 1.54 bits per heavy atom. The number of nitro groups is 1. The molecular weight excluding hydrogens is 378 g/mol. The van der Waals surface area contributed by atoms with E-state index >= 15 is 0 Å². The molecule has 0 radical (unpaired) electrons. The number of rotatable bonds is 4. The van der Waals surface area contributed by atoms with Gasteiger partial charge >= 0.3 is 0 Å². The second-order valence-corrected chi connectivity index (χ2v) is 11.2. The molecule has 4 aliphatic carbocycles. The summed E-state index contributed by atoms with van der Waals surface area (Å²) in [7, 11) is -3.70. The van der Waals surface area contributed by atoms with Gasteiger partial charge in [0.2, 0.25) is 10.0 Å². The quantitative estimate of drug-likeness (QED) is 0.568. The topological polar surface area (TPSA) is 83.8 Å². The van der Waals surface area contributed by atoms with Gasteiger partial charge in [-0.05, 0) is 62.3 Å². The molecule has 1 aromatic carbocycles. The number of hydrogen-bond donors (Lipinski definition) is 0. The van der Waals surface area contributed by atoms with Gasteiger partial charge < -0.3 is 0 Å². The van der Waals surface area contributed by atoms with Crippen molar-refractivity contribution in [2.75, 3.05) is 26.2 Å². The number of sulfonamides is 1. The van der Waals surface area contributed by atoms with Crippen molar-refractivity contribution in [2.45, 2.75) is 49.0 Å². The fourth-order valence-corrected chi connectivity index (χ4v) is 8.22. The molecule has 5 fully saturated rings. The van der Waals surface area contributed by atoms with Gasteiger partial charge in [-0.1, -0.05) is 6.07 Å². The molecule has 1 saturated heterocycles. The zero-order valence-electron chi connectivity index (χ0n) is 16.0. The van der Waals surface area contributed by atoms with E-state index in [4.69, 9.17) is 0 Å². The summed E-state index contributed by atoms with van der Waals surface area (Å²) in [6.07, 6.45) is 8.07. The van der Waals surface area contributed by atoms with E-state index in [9.17, 15) is 18.5 Å². The maximum atomic E-state index is 13.0. The van der Waals surface area contributed by atoms with E-state index in [0.717, 1.165) is 30.8 Å². The molecule has 0 N–H and O–H groups in total. The van der Waals surface area contributed by atoms with Gasteiger partial charge in [-0.2, -0.15) is 4.31 Å². The molecule has 1 heterocycles. The Labute approximate surface area is 165 Å². The van der Waals surface area contributed by atoms with Gasteiger partial charge in [-0.15, -0.1) is 0 Å². The van der Waals surface area contributed by atoms with Crippen LogP contribution in [0, 0.1) is 27.9 Å². The zero-order chi connectivity index (χ0) is 19.5. The van der Waals surface area contributed by atoms with E-state index in [2.05, 4.69) is 4.90 Å². The Morgan fingerprint density at radius 1 is 0.964 bits per heavy atom. The summed E-state index contributed by atoms with van der Waals surface area (Å²) in [5.74, 6) is 2.62. The lowest BCUT2D eigenvalue weighted by Crippen LogP contribution is -2.64. The fraction of sp³-hybridized carbons (Fsp3) is 0.700. The van der Waals surface area contributed by atoms with Gasteiger partial charge in [0.1, 0.15) is 0 Å². The van der Waals surface area contributed by atoms with Crippen LogP contribution in [0.15, 0.2) is 29.2 Å². The molecule has 1 aromatic rings. The summed E-state index contributed by atoms with van der Waals surface area (Å²) in [5, 5.41) is 11.0. The molecule has 4 bridgehead atoms. The van der Waals surface area contributed by atoms with E-state index in [1.54, 1.807) is 0 Å². The highest BCUT2D eigenvalue weighted by molar-refractivity contribution is 7.89. The van der Waals surface area contributed by atoms with Crippen molar-refractivity contribution in [3.05, 3.63) is 34.4 Å². The number of piperazine rings is 1. The Morgan fingerprint density at radius 3 is 2.07 bits per heavy atom. The van der Waals surface area contributed by atoms with Crippen molar-refractivity contribution in [3.63, 3.8) is 0 Å². The van der Waals surface area contributed by atoms with Crippen molar-refractivity contribution in [1.29, 1.82) is 0 Å². The zero-order valence-corrected chi connectivity index (χ0v) is 16.8. The lowest BCUT2D eigenvalue weighted by Gasteiger charge is -2.61. The molecule has 1 aliphatic heterocycles. The lowest BCUT2D eigenvalue weighted by molar-refractivity contribution is -0.385. The van der Waals surface area contributed by atoms with Crippen molar-refractivity contribution in [3.8, 4) is 0 Å². The van der Waals surface area contributed by atoms with Gasteiger partial charge in [0.05, 0.1) is 9.82 Å². The van der Waals surface area contributed by atoms with Gasteiger partial charge in [0.25, 0.3) is 5.69 Å². The van der Waals surface area contributed by atoms with Gasteiger partial charge in [-0.25, -0.2) is 8.42 Å². The molecule has 0 aromatic heterocycles. The normalized spacial score (nSPS) is 35.9. The van der Waals surface area contributed by atoms with Crippen LogP contribution in [0.3, 0.4) is 0 Å². The van der Waals surface area contributed by atoms with Crippen molar-refractivity contribution in [1.82, 2.24) is 9.21 Å². The highest BCUT2D eigenvalue weighted by atomic mass is 32.2. The first-order valence-electron chi connectivity index (χ1n) is 10.4. The van der Waals surface area contributed by atoms with Gasteiger partial charge in [-0.3, -0.25) is 15.0 Å². The van der Waals surface area contributed by atoms with E-state index in [0.29, 0.717) is 18.6 Å². The molecule has 5 aliphatic rings. The Bertz CT molecular complexity index is 857. The van der Waals surface area contributed by atoms with Crippen LogP contribution in [0.25, 0.3) is 0 Å². The molecule has 4 saturated carbocycles. The molecule has 6 rings (SSSR count). The average Bonchev–Trinajstić information content (AvgIpc) is 2.67. The number of nitrogens with zero attached hydrogens (tertiary/aromatic N) is 3. The molecule has 7 nitrogen and oxygen atoms in total. The van der Waals surface area contributed by atoms with Crippen LogP contribution in [-0.4, -0.2) is 54.3 Å². The van der Waals surface area contributed by atoms with E-state index in [-0.39, 0.29) is 10.6 Å². The van der Waals surface area contributed by atoms with E-state index < -0.39 is 14.9 Å². The number of non-ortho nitro benzene ring substituents is 1. The number of nitro benzene ring substituents is 1. The monoisotopic (exact) mass is 405 g/mol. The van der Waals surface area contributed by atoms with Crippen molar-refractivity contribution in [2.24, 2.45) is 17.8 Å². The standard InChI is InChI=1S/C20H27N3O4S/c24-23(25)18-2-1-3-19(11-18)28(26,27)22-6-4-21(5-7-22)20-12-15-8-16(13-20)10-17(9-15)14-20/h1-3,11,15-17H,4-10,12-14H2. The second kappa shape index (κ2) is 6.50. The van der Waals surface area contributed by atoms with Gasteiger partial charge in [0.15, 0.2) is 0 Å². The summed E-state index contributed by atoms with van der Waals surface area (Å²) in [6.45, 7) is 2.46. The second-order valence-electron chi connectivity index (χ2n) is 9.29. The predicted octanol–water partition coefficient (Wildman–Crippen LogP) is 2.87. The smallest absolute Gasteiger partial charge is 0.270 e. The number of benzene rings is 1. The Kier molecular flexibility index (Phi) is 4.30. The first-order valence-corrected chi connectivity index (χ1v) is 11.8. The highest BCUT2D eigenvalue weighted by Crippen LogP contribution is 2.57. The van der Waals surface area contributed by atoms with Gasteiger partial charge in [0, 0.05) is 43.9 Å². The van der Waals surface area contributed by atoms with Crippen LogP contribution >= 0.6 is 0 Å². The SMILES string of the molecule is O=[N+]([O-])c1cccc(S(=O)(=O)N2CCN(C34CC5CC(CC(C5)C3)C4)CC2)c1. The Balaban J connectivity index is 1.31. The summed E-state index contributed by atoms with van der Waals surface area (Å²) >= 11 is 0. The van der Waals surface area contributed by atoms with E-state index in [1.165, 1.54) is 67.1 Å². The third kappa shape index (κ3) is 2.97. The minimum absolute atomic E-state index is 0.0185. The molecular formula is C20H27N3O4S. The summed E-state index contributed by atoms with van der Waals surface area (Å²) in [6, 6.07) is 5.38. The molecule has 0 amide bonds. The van der Waals surface area contributed by atoms with Crippen LogP contribution in [-0.2, 0) is 10.0 Å². The largest absolute Gasteiger partial charge is 0.295 e. The molecule has 8 heteroatoms. The molecule has 0 atom stereocenters. The minimum Gasteiger partial charge on any atom is -0.295 e. The molecule has 0 unspecified atom stereocenters. The maximum absolute atomic E-state index is 13.0. The van der Waals surface area contributed by atoms with Crippen LogP contribution in [0.2, 0.25) is 0 Å². The third-order valence-corrected chi connectivity index (χ3v) is 9.48. The first kappa shape index (κ1) is 18.5. The Hall–Kier alpha value is -1.51. The minimum atomic E-state index is -3.70. The van der Waals surface area contributed by atoms with Crippen LogP contribution in [0.4, 0.5) is 5.69 Å². The molecule has 28 heavy (non-hydrogen) atoms. The maximum Gasteiger partial charge on any atom is 0.270 e. The first-order chi connectivity index (χ1) is 13.4. The third-order valence-electron chi connectivity index (χ3n) is 7.58. The van der Waals surface area contributed by atoms with Crippen molar-refractivity contribution < 1.29 is 13.3 Å². The highest BCUT2D eigenvalue weighted by Gasteiger charge is 2.53. The number of hydrogen-bond acceptors (Lipinski definition) is 5. The summed E-state index contributed by atoms with van der Waals surface area (Å²) in [4.78, 5) is 13.0. The average molecular weight is 406 g/mol.